The summed E-state index contributed by atoms with van der Waals surface area (Å²) < 4.78 is 13.5. The number of benzene rings is 2. The Balaban J connectivity index is 2.27. The topological polar surface area (TPSA) is 12.0 Å². The quantitative estimate of drug-likeness (QED) is 0.812. The molecule has 17 heavy (non-hydrogen) atoms. The number of hydrogen-bond donors (Lipinski definition) is 1. The van der Waals surface area contributed by atoms with Crippen molar-refractivity contribution in [3.8, 4) is 0 Å². The standard InChI is InChI=1S/C15H16FN/c1-2-7-12-8-3-5-10-14(12)17-15-11-6-4-9-13(15)16/h3-6,8-11,17H,2,7H2,1H3. The average Bonchev–Trinajstić information content (AvgIpc) is 2.35. The molecule has 1 N–H and O–H groups in total. The molecule has 0 saturated heterocycles. The summed E-state index contributed by atoms with van der Waals surface area (Å²) in [6, 6.07) is 14.8. The van der Waals surface area contributed by atoms with Gasteiger partial charge in [0.25, 0.3) is 0 Å². The van der Waals surface area contributed by atoms with Crippen molar-refractivity contribution >= 4 is 11.4 Å². The molecule has 0 unspecified atom stereocenters. The lowest BCUT2D eigenvalue weighted by molar-refractivity contribution is 0.632. The van der Waals surface area contributed by atoms with Crippen LogP contribution in [0.4, 0.5) is 15.8 Å². The molecule has 0 saturated carbocycles. The van der Waals surface area contributed by atoms with Crippen LogP contribution in [-0.2, 0) is 6.42 Å². The SMILES string of the molecule is CCCc1ccccc1Nc1ccccc1F. The Hall–Kier alpha value is -1.83. The van der Waals surface area contributed by atoms with Crippen molar-refractivity contribution < 1.29 is 4.39 Å². The van der Waals surface area contributed by atoms with Crippen molar-refractivity contribution in [1.82, 2.24) is 0 Å². The average molecular weight is 229 g/mol. The highest BCUT2D eigenvalue weighted by molar-refractivity contribution is 5.63. The molecule has 1 nitrogen and oxygen atoms in total. The predicted molar refractivity (Wildman–Crippen MR) is 70.1 cm³/mol. The number of aryl methyl sites for hydroxylation is 1. The summed E-state index contributed by atoms with van der Waals surface area (Å²) in [4.78, 5) is 0. The molecule has 0 aromatic heterocycles. The Bertz CT molecular complexity index is 494. The predicted octanol–water partition coefficient (Wildman–Crippen LogP) is 4.52. The van der Waals surface area contributed by atoms with Gasteiger partial charge in [0.2, 0.25) is 0 Å². The minimum absolute atomic E-state index is 0.223. The number of nitrogens with one attached hydrogen (secondary N) is 1. The molecule has 0 aliphatic heterocycles. The molecule has 2 rings (SSSR count). The van der Waals surface area contributed by atoms with E-state index in [0.717, 1.165) is 18.5 Å². The zero-order chi connectivity index (χ0) is 12.1. The molecule has 2 aromatic rings. The number of halogens is 1. The van der Waals surface area contributed by atoms with E-state index in [2.05, 4.69) is 18.3 Å². The van der Waals surface area contributed by atoms with Gasteiger partial charge in [0.05, 0.1) is 5.69 Å². The molecule has 0 heterocycles. The first kappa shape index (κ1) is 11.6. The Morgan fingerprint density at radius 2 is 1.59 bits per heavy atom. The van der Waals surface area contributed by atoms with Crippen LogP contribution in [0, 0.1) is 5.82 Å². The summed E-state index contributed by atoms with van der Waals surface area (Å²) in [5.74, 6) is -0.223. The normalized spacial score (nSPS) is 10.2. The lowest BCUT2D eigenvalue weighted by Gasteiger charge is -2.11. The van der Waals surface area contributed by atoms with Gasteiger partial charge in [-0.1, -0.05) is 43.7 Å². The van der Waals surface area contributed by atoms with Crippen molar-refractivity contribution in [3.05, 3.63) is 59.9 Å². The Kier molecular flexibility index (Phi) is 3.76. The zero-order valence-electron chi connectivity index (χ0n) is 9.91. The highest BCUT2D eigenvalue weighted by atomic mass is 19.1. The number of rotatable bonds is 4. The van der Waals surface area contributed by atoms with Gasteiger partial charge in [0.1, 0.15) is 5.82 Å². The van der Waals surface area contributed by atoms with Gasteiger partial charge in [-0.15, -0.1) is 0 Å². The lowest BCUT2D eigenvalue weighted by Crippen LogP contribution is -1.97. The molecule has 2 aromatic carbocycles. The fraction of sp³-hybridized carbons (Fsp3) is 0.200. The molecule has 0 amide bonds. The van der Waals surface area contributed by atoms with Crippen molar-refractivity contribution in [1.29, 1.82) is 0 Å². The van der Waals surface area contributed by atoms with E-state index in [1.54, 1.807) is 12.1 Å². The van der Waals surface area contributed by atoms with Crippen LogP contribution in [0.2, 0.25) is 0 Å². The molecule has 0 bridgehead atoms. The van der Waals surface area contributed by atoms with Gasteiger partial charge >= 0.3 is 0 Å². The van der Waals surface area contributed by atoms with Crippen LogP contribution in [0.3, 0.4) is 0 Å². The van der Waals surface area contributed by atoms with Gasteiger partial charge in [0, 0.05) is 5.69 Å². The molecule has 0 radical (unpaired) electrons. The van der Waals surface area contributed by atoms with Crippen LogP contribution in [-0.4, -0.2) is 0 Å². The van der Waals surface area contributed by atoms with E-state index in [0.29, 0.717) is 5.69 Å². The highest BCUT2D eigenvalue weighted by Crippen LogP contribution is 2.23. The van der Waals surface area contributed by atoms with Gasteiger partial charge in [-0.2, -0.15) is 0 Å². The van der Waals surface area contributed by atoms with Crippen LogP contribution in [0.25, 0.3) is 0 Å². The minimum atomic E-state index is -0.223. The molecule has 0 aliphatic rings. The van der Waals surface area contributed by atoms with E-state index < -0.39 is 0 Å². The molecule has 0 fully saturated rings. The van der Waals surface area contributed by atoms with Crippen molar-refractivity contribution in [3.63, 3.8) is 0 Å². The Morgan fingerprint density at radius 1 is 0.941 bits per heavy atom. The number of hydrogen-bond acceptors (Lipinski definition) is 1. The Morgan fingerprint density at radius 3 is 2.29 bits per heavy atom. The van der Waals surface area contributed by atoms with Crippen LogP contribution in [0.5, 0.6) is 0 Å². The summed E-state index contributed by atoms with van der Waals surface area (Å²) in [5.41, 5.74) is 2.73. The third kappa shape index (κ3) is 2.84. The molecule has 0 aliphatic carbocycles. The van der Waals surface area contributed by atoms with Crippen LogP contribution in [0.1, 0.15) is 18.9 Å². The van der Waals surface area contributed by atoms with Crippen molar-refractivity contribution in [2.24, 2.45) is 0 Å². The fourth-order valence-corrected chi connectivity index (χ4v) is 1.84. The fourth-order valence-electron chi connectivity index (χ4n) is 1.84. The summed E-state index contributed by atoms with van der Waals surface area (Å²) in [6.07, 6.45) is 2.08. The van der Waals surface area contributed by atoms with Crippen LogP contribution >= 0.6 is 0 Å². The molecule has 0 spiro atoms. The first-order chi connectivity index (χ1) is 8.31. The molecule has 2 heteroatoms. The van der Waals surface area contributed by atoms with Crippen molar-refractivity contribution in [2.45, 2.75) is 19.8 Å². The maximum absolute atomic E-state index is 13.5. The van der Waals surface area contributed by atoms with E-state index in [-0.39, 0.29) is 5.82 Å². The summed E-state index contributed by atoms with van der Waals surface area (Å²) >= 11 is 0. The van der Waals surface area contributed by atoms with Crippen LogP contribution in [0.15, 0.2) is 48.5 Å². The molecule has 88 valence electrons. The van der Waals surface area contributed by atoms with Gasteiger partial charge in [-0.25, -0.2) is 4.39 Å². The Labute approximate surface area is 101 Å². The molecular formula is C15H16FN. The largest absolute Gasteiger partial charge is 0.353 e. The summed E-state index contributed by atoms with van der Waals surface area (Å²) in [5, 5.41) is 3.15. The van der Waals surface area contributed by atoms with Crippen molar-refractivity contribution in [2.75, 3.05) is 5.32 Å². The summed E-state index contributed by atoms with van der Waals surface area (Å²) in [7, 11) is 0. The second kappa shape index (κ2) is 5.48. The van der Waals surface area contributed by atoms with E-state index in [4.69, 9.17) is 0 Å². The maximum atomic E-state index is 13.5. The van der Waals surface area contributed by atoms with Gasteiger partial charge in [-0.3, -0.25) is 0 Å². The maximum Gasteiger partial charge on any atom is 0.146 e. The third-order valence-corrected chi connectivity index (χ3v) is 2.68. The van der Waals surface area contributed by atoms with E-state index in [9.17, 15) is 4.39 Å². The number of para-hydroxylation sites is 2. The van der Waals surface area contributed by atoms with E-state index >= 15 is 0 Å². The first-order valence-corrected chi connectivity index (χ1v) is 5.90. The van der Waals surface area contributed by atoms with Gasteiger partial charge in [-0.05, 0) is 30.2 Å². The van der Waals surface area contributed by atoms with Gasteiger partial charge in [0.15, 0.2) is 0 Å². The molecule has 0 atom stereocenters. The van der Waals surface area contributed by atoms with E-state index in [1.807, 2.05) is 24.3 Å². The van der Waals surface area contributed by atoms with Crippen LogP contribution < -0.4 is 5.32 Å². The smallest absolute Gasteiger partial charge is 0.146 e. The molecular weight excluding hydrogens is 213 g/mol. The summed E-state index contributed by atoms with van der Waals surface area (Å²) in [6.45, 7) is 2.14. The first-order valence-electron chi connectivity index (χ1n) is 5.90. The monoisotopic (exact) mass is 229 g/mol. The van der Waals surface area contributed by atoms with E-state index in [1.165, 1.54) is 11.6 Å². The zero-order valence-corrected chi connectivity index (χ0v) is 9.91. The second-order valence-electron chi connectivity index (χ2n) is 4.01. The third-order valence-electron chi connectivity index (χ3n) is 2.68. The second-order valence-corrected chi connectivity index (χ2v) is 4.01. The number of anilines is 2. The van der Waals surface area contributed by atoms with Gasteiger partial charge < -0.3 is 5.32 Å². The lowest BCUT2D eigenvalue weighted by atomic mass is 10.1. The highest BCUT2D eigenvalue weighted by Gasteiger charge is 2.04. The minimum Gasteiger partial charge on any atom is -0.353 e.